The molecule has 3 aromatic carbocycles. The summed E-state index contributed by atoms with van der Waals surface area (Å²) in [4.78, 5) is 63.3. The quantitative estimate of drug-likeness (QED) is 0.197. The van der Waals surface area contributed by atoms with Gasteiger partial charge in [-0.3, -0.25) is 29.4 Å². The van der Waals surface area contributed by atoms with E-state index in [1.165, 1.54) is 30.3 Å². The maximum absolute atomic E-state index is 13.4. The molecule has 0 radical (unpaired) electrons. The van der Waals surface area contributed by atoms with Gasteiger partial charge in [0.05, 0.1) is 28.0 Å². The van der Waals surface area contributed by atoms with Crippen LogP contribution < -0.4 is 10.2 Å². The third kappa shape index (κ3) is 5.33. The average molecular weight is 542 g/mol. The van der Waals surface area contributed by atoms with Crippen molar-refractivity contribution in [1.29, 1.82) is 0 Å². The number of carbonyl (C=O) groups is 4. The Hall–Kier alpha value is -4.86. The van der Waals surface area contributed by atoms with Gasteiger partial charge in [-0.2, -0.15) is 0 Å². The molecule has 5 rings (SSSR count). The van der Waals surface area contributed by atoms with Crippen LogP contribution in [0.4, 0.5) is 17.1 Å². The summed E-state index contributed by atoms with van der Waals surface area (Å²) in [6.07, 6.45) is 2.03. The monoisotopic (exact) mass is 541 g/mol. The first-order valence-electron chi connectivity index (χ1n) is 13.0. The summed E-state index contributed by atoms with van der Waals surface area (Å²) < 4.78 is 5.12. The van der Waals surface area contributed by atoms with Crippen molar-refractivity contribution in [3.05, 3.63) is 99.6 Å². The fourth-order valence-electron chi connectivity index (χ4n) is 5.53. The molecular weight excluding hydrogens is 514 g/mol. The number of fused-ring (bicyclic) bond motifs is 1. The van der Waals surface area contributed by atoms with Crippen molar-refractivity contribution in [2.45, 2.75) is 32.1 Å². The Bertz CT molecular complexity index is 1500. The number of nitro benzene ring substituents is 1. The lowest BCUT2D eigenvalue weighted by molar-refractivity contribution is -0.385. The van der Waals surface area contributed by atoms with Crippen molar-refractivity contribution in [2.75, 3.05) is 16.8 Å². The minimum Gasteiger partial charge on any atom is -0.452 e. The van der Waals surface area contributed by atoms with E-state index < -0.39 is 29.3 Å². The molecule has 1 aliphatic heterocycles. The fourth-order valence-corrected chi connectivity index (χ4v) is 5.53. The molecule has 0 bridgehead atoms. The van der Waals surface area contributed by atoms with Crippen LogP contribution in [-0.4, -0.2) is 35.2 Å². The number of rotatable bonds is 7. The molecule has 1 aliphatic carbocycles. The van der Waals surface area contributed by atoms with Crippen LogP contribution in [0.3, 0.4) is 0 Å². The van der Waals surface area contributed by atoms with E-state index in [4.69, 9.17) is 4.74 Å². The molecule has 0 spiro atoms. The molecule has 10 nitrogen and oxygen atoms in total. The first-order valence-corrected chi connectivity index (χ1v) is 13.0. The smallest absolute Gasteiger partial charge is 0.338 e. The number of ether oxygens (including phenoxy) is 1. The highest BCUT2D eigenvalue weighted by Crippen LogP contribution is 2.45. The van der Waals surface area contributed by atoms with Crippen molar-refractivity contribution < 1.29 is 28.8 Å². The summed E-state index contributed by atoms with van der Waals surface area (Å²) in [6, 6.07) is 20.2. The van der Waals surface area contributed by atoms with Crippen LogP contribution in [0, 0.1) is 28.9 Å². The molecule has 3 amide bonds. The lowest BCUT2D eigenvalue weighted by Gasteiger charge is -2.28. The lowest BCUT2D eigenvalue weighted by Crippen LogP contribution is -2.31. The van der Waals surface area contributed by atoms with Crippen LogP contribution in [-0.2, 0) is 19.1 Å². The molecule has 0 aromatic heterocycles. The number of nitrogens with zero attached hydrogens (tertiary/aromatic N) is 2. The summed E-state index contributed by atoms with van der Waals surface area (Å²) in [7, 11) is 0. The predicted molar refractivity (Wildman–Crippen MR) is 146 cm³/mol. The zero-order valence-corrected chi connectivity index (χ0v) is 21.7. The van der Waals surface area contributed by atoms with E-state index in [1.54, 1.807) is 19.1 Å². The Morgan fingerprint density at radius 1 is 0.975 bits per heavy atom. The number of nitro groups is 1. The number of imide groups is 1. The Balaban J connectivity index is 1.23. The third-order valence-electron chi connectivity index (χ3n) is 7.56. The number of anilines is 2. The first-order chi connectivity index (χ1) is 19.2. The Labute approximate surface area is 230 Å². The van der Waals surface area contributed by atoms with Gasteiger partial charge in [0.2, 0.25) is 11.8 Å². The van der Waals surface area contributed by atoms with E-state index in [-0.39, 0.29) is 46.3 Å². The molecule has 1 heterocycles. The normalized spacial score (nSPS) is 20.1. The summed E-state index contributed by atoms with van der Waals surface area (Å²) in [5.74, 6) is -2.62. The highest BCUT2D eigenvalue weighted by molar-refractivity contribution is 6.22. The number of amides is 3. The van der Waals surface area contributed by atoms with Gasteiger partial charge in [-0.05, 0) is 61.9 Å². The maximum atomic E-state index is 13.4. The highest BCUT2D eigenvalue weighted by atomic mass is 16.6. The van der Waals surface area contributed by atoms with E-state index in [0.717, 1.165) is 16.9 Å². The van der Waals surface area contributed by atoms with Gasteiger partial charge < -0.3 is 10.1 Å². The van der Waals surface area contributed by atoms with Gasteiger partial charge in [0.25, 0.3) is 11.6 Å². The second kappa shape index (κ2) is 11.1. The minimum absolute atomic E-state index is 0.0777. The van der Waals surface area contributed by atoms with Crippen LogP contribution in [0.5, 0.6) is 0 Å². The van der Waals surface area contributed by atoms with Gasteiger partial charge in [-0.25, -0.2) is 4.79 Å². The standard InChI is InChI=1S/C30H27N3O7/c1-18-10-12-22(16-26(18)33(38)39)31-27(34)17-40-30(37)21-8-5-9-23(14-21)32-28(35)24-13-11-20(15-25(24)29(32)36)19-6-3-2-4-7-19/h2-10,12,14,16,20,24-25H,11,13,15,17H2,1H3,(H,31,34)/t20-,24+,25+/m0/s1. The number of carbonyl (C=O) groups excluding carboxylic acids is 4. The van der Waals surface area contributed by atoms with Crippen molar-refractivity contribution in [3.63, 3.8) is 0 Å². The van der Waals surface area contributed by atoms with Crippen LogP contribution in [0.15, 0.2) is 72.8 Å². The first kappa shape index (κ1) is 26.7. The van der Waals surface area contributed by atoms with Gasteiger partial charge >= 0.3 is 5.97 Å². The predicted octanol–water partition coefficient (Wildman–Crippen LogP) is 4.77. The molecule has 1 N–H and O–H groups in total. The van der Waals surface area contributed by atoms with Crippen molar-refractivity contribution in [3.8, 4) is 0 Å². The summed E-state index contributed by atoms with van der Waals surface area (Å²) in [5, 5.41) is 13.6. The van der Waals surface area contributed by atoms with Crippen LogP contribution in [0.2, 0.25) is 0 Å². The molecule has 1 saturated heterocycles. The minimum atomic E-state index is -0.812. The van der Waals surface area contributed by atoms with E-state index in [0.29, 0.717) is 18.4 Å². The molecule has 10 heteroatoms. The zero-order valence-electron chi connectivity index (χ0n) is 21.7. The van der Waals surface area contributed by atoms with E-state index in [9.17, 15) is 29.3 Å². The lowest BCUT2D eigenvalue weighted by atomic mass is 9.73. The van der Waals surface area contributed by atoms with Gasteiger partial charge in [0.15, 0.2) is 6.61 Å². The number of benzene rings is 3. The fraction of sp³-hybridized carbons (Fsp3) is 0.267. The molecule has 1 saturated carbocycles. The molecule has 40 heavy (non-hydrogen) atoms. The Morgan fingerprint density at radius 3 is 2.48 bits per heavy atom. The molecular formula is C30H27N3O7. The zero-order chi connectivity index (χ0) is 28.4. The largest absolute Gasteiger partial charge is 0.452 e. The molecule has 2 fully saturated rings. The number of esters is 1. The van der Waals surface area contributed by atoms with Gasteiger partial charge in [-0.1, -0.05) is 42.5 Å². The second-order valence-corrected chi connectivity index (χ2v) is 10.1. The molecule has 3 aromatic rings. The molecule has 2 aliphatic rings. The second-order valence-electron chi connectivity index (χ2n) is 10.1. The number of aryl methyl sites for hydroxylation is 1. The summed E-state index contributed by atoms with van der Waals surface area (Å²) in [5.41, 5.74) is 2.02. The third-order valence-corrected chi connectivity index (χ3v) is 7.56. The Morgan fingerprint density at radius 2 is 1.73 bits per heavy atom. The van der Waals surface area contributed by atoms with E-state index in [2.05, 4.69) is 5.32 Å². The SMILES string of the molecule is Cc1ccc(NC(=O)COC(=O)c2cccc(N3C(=O)[C@@H]4CC[C@H](c5ccccc5)C[C@H]4C3=O)c2)cc1[N+](=O)[O-]. The molecule has 0 unspecified atom stereocenters. The van der Waals surface area contributed by atoms with Gasteiger partial charge in [-0.15, -0.1) is 0 Å². The van der Waals surface area contributed by atoms with Crippen LogP contribution in [0.25, 0.3) is 0 Å². The summed E-state index contributed by atoms with van der Waals surface area (Å²) in [6.45, 7) is 0.954. The Kier molecular flexibility index (Phi) is 7.41. The molecule has 204 valence electrons. The number of hydrogen-bond donors (Lipinski definition) is 1. The summed E-state index contributed by atoms with van der Waals surface area (Å²) >= 11 is 0. The van der Waals surface area contributed by atoms with Crippen molar-refractivity contribution >= 4 is 40.8 Å². The number of nitrogens with one attached hydrogen (secondary N) is 1. The van der Waals surface area contributed by atoms with E-state index >= 15 is 0 Å². The van der Waals surface area contributed by atoms with E-state index in [1.807, 2.05) is 30.3 Å². The highest BCUT2D eigenvalue weighted by Gasteiger charge is 2.50. The van der Waals surface area contributed by atoms with Crippen molar-refractivity contribution in [2.24, 2.45) is 11.8 Å². The van der Waals surface area contributed by atoms with Crippen LogP contribution >= 0.6 is 0 Å². The average Bonchev–Trinajstić information content (AvgIpc) is 3.21. The number of hydrogen-bond acceptors (Lipinski definition) is 7. The van der Waals surface area contributed by atoms with Gasteiger partial charge in [0.1, 0.15) is 0 Å². The van der Waals surface area contributed by atoms with Crippen LogP contribution in [0.1, 0.15) is 46.7 Å². The van der Waals surface area contributed by atoms with Gasteiger partial charge in [0, 0.05) is 17.3 Å². The topological polar surface area (TPSA) is 136 Å². The molecule has 3 atom stereocenters. The maximum Gasteiger partial charge on any atom is 0.338 e. The van der Waals surface area contributed by atoms with Crippen molar-refractivity contribution in [1.82, 2.24) is 0 Å².